The molecule has 2 rings (SSSR count). The lowest BCUT2D eigenvalue weighted by atomic mass is 9.98. The van der Waals surface area contributed by atoms with Crippen LogP contribution < -0.4 is 20.1 Å². The summed E-state index contributed by atoms with van der Waals surface area (Å²) in [5, 5.41) is 16.3. The molecule has 11 heteroatoms. The van der Waals surface area contributed by atoms with E-state index >= 15 is 0 Å². The number of aliphatic hydroxyl groups is 1. The number of aromatic nitrogens is 2. The Bertz CT molecular complexity index is 869. The number of halogens is 3. The Morgan fingerprint density at radius 2 is 1.93 bits per heavy atom. The van der Waals surface area contributed by atoms with Gasteiger partial charge >= 0.3 is 6.18 Å². The first-order valence-corrected chi connectivity index (χ1v) is 9.20. The number of aliphatic imine (C=N–C) groups is 1. The smallest absolute Gasteiger partial charge is 0.424 e. The molecule has 0 aliphatic heterocycles. The van der Waals surface area contributed by atoms with E-state index in [1.54, 1.807) is 18.2 Å². The average Bonchev–Trinajstić information content (AvgIpc) is 3.13. The number of aryl methyl sites for hydroxylation is 1. The maximum atomic E-state index is 13.6. The van der Waals surface area contributed by atoms with Crippen LogP contribution in [0.5, 0.6) is 11.5 Å². The second-order valence-corrected chi connectivity index (χ2v) is 6.43. The molecule has 1 unspecified atom stereocenters. The minimum Gasteiger partial charge on any atom is -0.493 e. The Morgan fingerprint density at radius 3 is 2.47 bits per heavy atom. The number of benzene rings is 1. The molecule has 30 heavy (non-hydrogen) atoms. The number of ether oxygens (including phenoxy) is 2. The molecule has 0 aliphatic rings. The quantitative estimate of drug-likeness (QED) is 0.441. The van der Waals surface area contributed by atoms with Crippen molar-refractivity contribution in [1.29, 1.82) is 0 Å². The lowest BCUT2D eigenvalue weighted by Crippen LogP contribution is -2.45. The lowest BCUT2D eigenvalue weighted by Gasteiger charge is -2.29. The van der Waals surface area contributed by atoms with Gasteiger partial charge in [-0.15, -0.1) is 0 Å². The van der Waals surface area contributed by atoms with Gasteiger partial charge in [0.05, 0.1) is 14.2 Å². The molecule has 1 heterocycles. The van der Waals surface area contributed by atoms with Crippen LogP contribution >= 0.6 is 0 Å². The van der Waals surface area contributed by atoms with E-state index < -0.39 is 24.0 Å². The number of rotatable bonds is 8. The van der Waals surface area contributed by atoms with E-state index in [-0.39, 0.29) is 12.5 Å². The van der Waals surface area contributed by atoms with Gasteiger partial charge in [0, 0.05) is 50.7 Å². The van der Waals surface area contributed by atoms with Crippen LogP contribution in [0.2, 0.25) is 0 Å². The van der Waals surface area contributed by atoms with Crippen molar-refractivity contribution >= 4 is 11.6 Å². The number of imidazole rings is 1. The standard InChI is InChI=1S/C19H26F3N5O3/c1-5-23-17(26-13-6-7-14(29-3)15(12-13)30-4)25-9-8-18(28,19(20,21)22)16-24-10-11-27(16)2/h6-7,10-12,28H,5,8-9H2,1-4H3,(H2,23,25,26). The van der Waals surface area contributed by atoms with E-state index in [4.69, 9.17) is 9.47 Å². The first-order valence-electron chi connectivity index (χ1n) is 9.20. The van der Waals surface area contributed by atoms with Crippen LogP contribution in [0.4, 0.5) is 18.9 Å². The summed E-state index contributed by atoms with van der Waals surface area (Å²) in [6.07, 6.45) is -3.05. The maximum absolute atomic E-state index is 13.6. The first-order chi connectivity index (χ1) is 14.2. The number of nitrogens with zero attached hydrogens (tertiary/aromatic N) is 3. The van der Waals surface area contributed by atoms with Crippen LogP contribution in [-0.4, -0.2) is 54.1 Å². The van der Waals surface area contributed by atoms with Crippen molar-refractivity contribution in [1.82, 2.24) is 14.9 Å². The third-order valence-electron chi connectivity index (χ3n) is 4.39. The van der Waals surface area contributed by atoms with Crippen LogP contribution in [-0.2, 0) is 12.6 Å². The number of guanidine groups is 1. The molecule has 0 bridgehead atoms. The van der Waals surface area contributed by atoms with Crippen LogP contribution in [0.3, 0.4) is 0 Å². The summed E-state index contributed by atoms with van der Waals surface area (Å²) in [4.78, 5) is 7.85. The summed E-state index contributed by atoms with van der Waals surface area (Å²) < 4.78 is 52.4. The monoisotopic (exact) mass is 429 g/mol. The topological polar surface area (TPSA) is 92.9 Å². The zero-order valence-electron chi connectivity index (χ0n) is 17.2. The summed E-state index contributed by atoms with van der Waals surface area (Å²) in [5.41, 5.74) is -2.52. The zero-order chi connectivity index (χ0) is 22.4. The molecule has 0 saturated heterocycles. The minimum atomic E-state index is -4.91. The molecule has 0 aliphatic carbocycles. The third-order valence-corrected chi connectivity index (χ3v) is 4.39. The predicted molar refractivity (Wildman–Crippen MR) is 107 cm³/mol. The van der Waals surface area contributed by atoms with E-state index in [1.807, 2.05) is 6.92 Å². The van der Waals surface area contributed by atoms with Crippen molar-refractivity contribution in [3.05, 3.63) is 36.4 Å². The van der Waals surface area contributed by atoms with E-state index in [0.717, 1.165) is 4.57 Å². The molecule has 3 N–H and O–H groups in total. The number of anilines is 1. The van der Waals surface area contributed by atoms with Gasteiger partial charge in [-0.3, -0.25) is 4.99 Å². The molecule has 8 nitrogen and oxygen atoms in total. The Kier molecular flexibility index (Phi) is 7.54. The summed E-state index contributed by atoms with van der Waals surface area (Å²) >= 11 is 0. The third kappa shape index (κ3) is 5.15. The van der Waals surface area contributed by atoms with Gasteiger partial charge in [-0.2, -0.15) is 13.2 Å². The van der Waals surface area contributed by atoms with E-state index in [0.29, 0.717) is 23.7 Å². The predicted octanol–water partition coefficient (Wildman–Crippen LogP) is 2.65. The number of nitrogens with one attached hydrogen (secondary N) is 2. The number of methoxy groups -OCH3 is 2. The highest BCUT2D eigenvalue weighted by molar-refractivity contribution is 5.93. The molecule has 1 aromatic heterocycles. The van der Waals surface area contributed by atoms with Crippen molar-refractivity contribution in [2.24, 2.45) is 12.0 Å². The van der Waals surface area contributed by atoms with Crippen molar-refractivity contribution in [3.63, 3.8) is 0 Å². The maximum Gasteiger partial charge on any atom is 0.424 e. The normalized spacial score (nSPS) is 14.2. The van der Waals surface area contributed by atoms with Gasteiger partial charge < -0.3 is 29.8 Å². The second-order valence-electron chi connectivity index (χ2n) is 6.43. The fourth-order valence-electron chi connectivity index (χ4n) is 2.83. The number of alkyl halides is 3. The number of hydrogen-bond acceptors (Lipinski definition) is 5. The first kappa shape index (κ1) is 23.3. The van der Waals surface area contributed by atoms with E-state index in [1.165, 1.54) is 33.7 Å². The molecule has 0 radical (unpaired) electrons. The Morgan fingerprint density at radius 1 is 1.23 bits per heavy atom. The highest BCUT2D eigenvalue weighted by atomic mass is 19.4. The van der Waals surface area contributed by atoms with E-state index in [2.05, 4.69) is 20.6 Å². The Labute approximate surface area is 172 Å². The fourth-order valence-corrected chi connectivity index (χ4v) is 2.83. The minimum absolute atomic E-state index is 0.258. The molecule has 2 aromatic rings. The Balaban J connectivity index is 2.20. The Hall–Kier alpha value is -2.95. The molecular formula is C19H26F3N5O3. The van der Waals surface area contributed by atoms with Crippen LogP contribution in [0, 0.1) is 0 Å². The summed E-state index contributed by atoms with van der Waals surface area (Å²) in [6.45, 7) is 2.01. The van der Waals surface area contributed by atoms with Crippen LogP contribution in [0.1, 0.15) is 19.2 Å². The summed E-state index contributed by atoms with van der Waals surface area (Å²) in [5.74, 6) is 0.798. The largest absolute Gasteiger partial charge is 0.493 e. The lowest BCUT2D eigenvalue weighted by molar-refractivity contribution is -0.272. The van der Waals surface area contributed by atoms with Gasteiger partial charge in [-0.25, -0.2) is 4.98 Å². The second kappa shape index (κ2) is 9.70. The van der Waals surface area contributed by atoms with Crippen molar-refractivity contribution in [2.45, 2.75) is 25.1 Å². The fraction of sp³-hybridized carbons (Fsp3) is 0.474. The van der Waals surface area contributed by atoms with Crippen LogP contribution in [0.25, 0.3) is 0 Å². The molecule has 1 aromatic carbocycles. The van der Waals surface area contributed by atoms with Gasteiger partial charge in [-0.1, -0.05) is 0 Å². The van der Waals surface area contributed by atoms with Gasteiger partial charge in [0.25, 0.3) is 0 Å². The molecule has 0 fully saturated rings. The average molecular weight is 429 g/mol. The zero-order valence-corrected chi connectivity index (χ0v) is 17.2. The van der Waals surface area contributed by atoms with Crippen molar-refractivity contribution < 1.29 is 27.8 Å². The van der Waals surface area contributed by atoms with Gasteiger partial charge in [-0.05, 0) is 19.1 Å². The molecule has 0 spiro atoms. The molecule has 0 saturated carbocycles. The summed E-state index contributed by atoms with van der Waals surface area (Å²) in [6, 6.07) is 5.08. The van der Waals surface area contributed by atoms with Gasteiger partial charge in [0.15, 0.2) is 17.5 Å². The highest BCUT2D eigenvalue weighted by Crippen LogP contribution is 2.40. The highest BCUT2D eigenvalue weighted by Gasteiger charge is 2.57. The van der Waals surface area contributed by atoms with Gasteiger partial charge in [0.1, 0.15) is 5.82 Å². The van der Waals surface area contributed by atoms with Crippen molar-refractivity contribution in [2.75, 3.05) is 32.6 Å². The number of hydrogen-bond donors (Lipinski definition) is 3. The van der Waals surface area contributed by atoms with E-state index in [9.17, 15) is 18.3 Å². The van der Waals surface area contributed by atoms with Crippen molar-refractivity contribution in [3.8, 4) is 11.5 Å². The molecule has 0 amide bonds. The molecule has 166 valence electrons. The molecule has 1 atom stereocenters. The SMILES string of the molecule is CCNC(=NCCC(O)(c1nccn1C)C(F)(F)F)Nc1ccc(OC)c(OC)c1. The van der Waals surface area contributed by atoms with Crippen LogP contribution in [0.15, 0.2) is 35.6 Å². The molecular weight excluding hydrogens is 403 g/mol. The van der Waals surface area contributed by atoms with Gasteiger partial charge in [0.2, 0.25) is 5.60 Å². The summed E-state index contributed by atoms with van der Waals surface area (Å²) in [7, 11) is 4.40.